The molecule has 1 saturated heterocycles. The summed E-state index contributed by atoms with van der Waals surface area (Å²) in [4.78, 5) is 34.1. The Morgan fingerprint density at radius 3 is 2.47 bits per heavy atom. The van der Waals surface area contributed by atoms with Crippen LogP contribution in [0, 0.1) is 13.8 Å². The molecule has 4 aromatic rings. The molecule has 47 heavy (non-hydrogen) atoms. The summed E-state index contributed by atoms with van der Waals surface area (Å²) in [5.74, 6) is -0.446. The van der Waals surface area contributed by atoms with Gasteiger partial charge in [0.05, 0.1) is 35.8 Å². The SMILES string of the molecule is Cc1cc(C)n(-c2nc3c(c(=O)n2-c2ccc(OCC4COC(C)(C)O4)cc2)CC(C)N(C(=O)c2ccc(Br)c(C(F)(F)F)c2)C3)n1. The van der Waals surface area contributed by atoms with Crippen molar-refractivity contribution in [2.75, 3.05) is 13.2 Å². The minimum Gasteiger partial charge on any atom is -0.491 e. The van der Waals surface area contributed by atoms with Crippen LogP contribution in [0.3, 0.4) is 0 Å². The van der Waals surface area contributed by atoms with Crippen LogP contribution < -0.4 is 10.3 Å². The minimum absolute atomic E-state index is 0.0638. The van der Waals surface area contributed by atoms with Gasteiger partial charge in [-0.1, -0.05) is 15.9 Å². The first kappa shape index (κ1) is 32.9. The molecular formula is C33H33BrF3N5O5. The van der Waals surface area contributed by atoms with Crippen LogP contribution in [0.15, 0.2) is 57.8 Å². The van der Waals surface area contributed by atoms with Crippen LogP contribution in [0.2, 0.25) is 0 Å². The number of halogens is 4. The van der Waals surface area contributed by atoms with E-state index in [9.17, 15) is 22.8 Å². The van der Waals surface area contributed by atoms with Crippen LogP contribution in [-0.2, 0) is 28.6 Å². The maximum Gasteiger partial charge on any atom is 0.417 e. The Morgan fingerprint density at radius 1 is 1.13 bits per heavy atom. The number of ether oxygens (including phenoxy) is 3. The number of hydrogen-bond acceptors (Lipinski definition) is 7. The molecule has 1 fully saturated rings. The molecular weight excluding hydrogens is 683 g/mol. The number of amides is 1. The molecule has 0 aliphatic carbocycles. The molecule has 14 heteroatoms. The second-order valence-electron chi connectivity index (χ2n) is 12.3. The van der Waals surface area contributed by atoms with Gasteiger partial charge in [0.25, 0.3) is 11.5 Å². The maximum atomic E-state index is 14.2. The summed E-state index contributed by atoms with van der Waals surface area (Å²) in [6.07, 6.45) is -4.69. The minimum atomic E-state index is -4.64. The van der Waals surface area contributed by atoms with Gasteiger partial charge < -0.3 is 19.1 Å². The van der Waals surface area contributed by atoms with Crippen LogP contribution in [0.5, 0.6) is 5.75 Å². The molecule has 4 heterocycles. The van der Waals surface area contributed by atoms with Crippen LogP contribution in [0.25, 0.3) is 11.6 Å². The lowest BCUT2D eigenvalue weighted by Gasteiger charge is -2.34. The number of aromatic nitrogens is 4. The van der Waals surface area contributed by atoms with Crippen molar-refractivity contribution in [2.45, 2.75) is 71.7 Å². The van der Waals surface area contributed by atoms with Crippen molar-refractivity contribution < 1.29 is 32.2 Å². The van der Waals surface area contributed by atoms with Gasteiger partial charge in [-0.2, -0.15) is 18.3 Å². The van der Waals surface area contributed by atoms with Crippen molar-refractivity contribution in [1.82, 2.24) is 24.2 Å². The summed E-state index contributed by atoms with van der Waals surface area (Å²) < 4.78 is 61.0. The lowest BCUT2D eigenvalue weighted by molar-refractivity contribution is -0.141. The van der Waals surface area contributed by atoms with Crippen LogP contribution in [0.4, 0.5) is 13.2 Å². The van der Waals surface area contributed by atoms with E-state index in [0.29, 0.717) is 41.6 Å². The first-order chi connectivity index (χ1) is 22.1. The number of carbonyl (C=O) groups excluding carboxylic acids is 1. The molecule has 0 spiro atoms. The molecule has 0 radical (unpaired) electrons. The van der Waals surface area contributed by atoms with Crippen molar-refractivity contribution in [2.24, 2.45) is 0 Å². The third-order valence-corrected chi connectivity index (χ3v) is 8.86. The van der Waals surface area contributed by atoms with Gasteiger partial charge in [-0.05, 0) is 89.6 Å². The number of rotatable bonds is 6. The second-order valence-corrected chi connectivity index (χ2v) is 13.1. The topological polar surface area (TPSA) is 101 Å². The zero-order chi connectivity index (χ0) is 33.8. The Balaban J connectivity index is 1.35. The van der Waals surface area contributed by atoms with Gasteiger partial charge >= 0.3 is 6.18 Å². The summed E-state index contributed by atoms with van der Waals surface area (Å²) >= 11 is 2.93. The highest BCUT2D eigenvalue weighted by molar-refractivity contribution is 9.10. The van der Waals surface area contributed by atoms with Gasteiger partial charge in [-0.3, -0.25) is 9.59 Å². The van der Waals surface area contributed by atoms with Gasteiger partial charge in [-0.15, -0.1) is 0 Å². The smallest absolute Gasteiger partial charge is 0.417 e. The van der Waals surface area contributed by atoms with Crippen molar-refractivity contribution in [3.63, 3.8) is 0 Å². The Labute approximate surface area is 277 Å². The van der Waals surface area contributed by atoms with E-state index in [2.05, 4.69) is 21.0 Å². The van der Waals surface area contributed by atoms with Crippen LogP contribution in [-0.4, -0.2) is 61.3 Å². The maximum absolute atomic E-state index is 14.2. The lowest BCUT2D eigenvalue weighted by atomic mass is 9.98. The highest BCUT2D eigenvalue weighted by Crippen LogP contribution is 2.36. The summed E-state index contributed by atoms with van der Waals surface area (Å²) in [5, 5.41) is 4.57. The van der Waals surface area contributed by atoms with Crippen molar-refractivity contribution in [3.8, 4) is 17.4 Å². The molecule has 0 N–H and O–H groups in total. The number of fused-ring (bicyclic) bond motifs is 1. The number of alkyl halides is 3. The summed E-state index contributed by atoms with van der Waals surface area (Å²) in [5.41, 5.74) is 1.37. The molecule has 248 valence electrons. The fraction of sp³-hybridized carbons (Fsp3) is 0.394. The average molecular weight is 717 g/mol. The van der Waals surface area contributed by atoms with Gasteiger partial charge in [0.1, 0.15) is 18.5 Å². The number of aryl methyl sites for hydroxylation is 2. The standard InChI is InChI=1S/C33H33BrF3N5O5/c1-18-12-20(3)42(39-18)31-38-28-15-40(29(43)21-6-11-27(34)26(14-21)33(35,36)37)19(2)13-25(28)30(44)41(31)22-7-9-23(10-8-22)45-16-24-17-46-32(4,5)47-24/h6-12,14,19,24H,13,15-17H2,1-5H3. The molecule has 2 aliphatic rings. The number of carbonyl (C=O) groups is 1. The van der Waals surface area contributed by atoms with Gasteiger partial charge in [0.15, 0.2) is 5.79 Å². The van der Waals surface area contributed by atoms with Gasteiger partial charge in [0.2, 0.25) is 5.95 Å². The van der Waals surface area contributed by atoms with E-state index in [1.807, 2.05) is 33.8 Å². The Morgan fingerprint density at radius 2 is 1.85 bits per heavy atom. The van der Waals surface area contributed by atoms with E-state index >= 15 is 0 Å². The molecule has 0 bridgehead atoms. The van der Waals surface area contributed by atoms with Crippen molar-refractivity contribution in [3.05, 3.63) is 97.1 Å². The second kappa shape index (κ2) is 12.2. The molecule has 10 nitrogen and oxygen atoms in total. The fourth-order valence-electron chi connectivity index (χ4n) is 5.89. The van der Waals surface area contributed by atoms with E-state index < -0.39 is 29.5 Å². The first-order valence-electron chi connectivity index (χ1n) is 15.0. The molecule has 1 amide bonds. The number of nitrogens with zero attached hydrogens (tertiary/aromatic N) is 5. The van der Waals surface area contributed by atoms with Crippen molar-refractivity contribution in [1.29, 1.82) is 0 Å². The summed E-state index contributed by atoms with van der Waals surface area (Å²) in [6.45, 7) is 9.77. The van der Waals surface area contributed by atoms with Gasteiger partial charge in [-0.25, -0.2) is 14.2 Å². The first-order valence-corrected chi connectivity index (χ1v) is 15.8. The van der Waals surface area contributed by atoms with E-state index in [1.165, 1.54) is 21.6 Å². The largest absolute Gasteiger partial charge is 0.491 e. The third kappa shape index (κ3) is 6.58. The predicted molar refractivity (Wildman–Crippen MR) is 169 cm³/mol. The van der Waals surface area contributed by atoms with E-state index in [0.717, 1.165) is 11.8 Å². The zero-order valence-electron chi connectivity index (χ0n) is 26.4. The average Bonchev–Trinajstić information content (AvgIpc) is 3.54. The number of hydrogen-bond donors (Lipinski definition) is 0. The van der Waals surface area contributed by atoms with Crippen molar-refractivity contribution >= 4 is 21.8 Å². The normalized spacial score (nSPS) is 19.1. The molecule has 2 aromatic carbocycles. The monoisotopic (exact) mass is 715 g/mol. The molecule has 2 atom stereocenters. The van der Waals surface area contributed by atoms with Crippen LogP contribution >= 0.6 is 15.9 Å². The quantitative estimate of drug-likeness (QED) is 0.244. The zero-order valence-corrected chi connectivity index (χ0v) is 28.0. The Hall–Kier alpha value is -4.01. The highest BCUT2D eigenvalue weighted by Gasteiger charge is 2.37. The molecule has 2 aliphatic heterocycles. The summed E-state index contributed by atoms with van der Waals surface area (Å²) in [6, 6.07) is 11.8. The predicted octanol–water partition coefficient (Wildman–Crippen LogP) is 5.93. The molecule has 2 aromatic heterocycles. The Bertz CT molecular complexity index is 1900. The lowest BCUT2D eigenvalue weighted by Crippen LogP contribution is -2.46. The molecule has 0 saturated carbocycles. The number of benzene rings is 2. The third-order valence-electron chi connectivity index (χ3n) is 8.17. The molecule has 2 unspecified atom stereocenters. The summed E-state index contributed by atoms with van der Waals surface area (Å²) in [7, 11) is 0. The van der Waals surface area contributed by atoms with E-state index in [-0.39, 0.29) is 40.6 Å². The van der Waals surface area contributed by atoms with E-state index in [4.69, 9.17) is 19.2 Å². The van der Waals surface area contributed by atoms with Crippen LogP contribution in [0.1, 0.15) is 59.3 Å². The fourth-order valence-corrected chi connectivity index (χ4v) is 6.36. The highest BCUT2D eigenvalue weighted by atomic mass is 79.9. The van der Waals surface area contributed by atoms with Gasteiger partial charge in [0, 0.05) is 27.3 Å². The molecule has 6 rings (SSSR count). The van der Waals surface area contributed by atoms with E-state index in [1.54, 1.807) is 35.9 Å². The Kier molecular flexibility index (Phi) is 8.56.